The number of likely N-dealkylation sites (tertiary alicyclic amines) is 1. The van der Waals surface area contributed by atoms with Crippen LogP contribution >= 0.6 is 22.9 Å². The molecule has 1 aliphatic rings. The highest BCUT2D eigenvalue weighted by Crippen LogP contribution is 2.35. The molecule has 4 atom stereocenters. The SMILES string of the molecule is Cc1ncsc1-c1ccc([C@H](C)NC(=O)[C@@H]2C[C@@H](O)CN2C(=O)C(CNC(=O)COCCCCCNCCNc2nccc(COc3ccc(C(C)(C)c4cc(Cl)cc(C#N)c4)cc3)n2)C(C)(C)C)cc1. The molecule has 3 amide bonds. The number of benzene rings is 3. The minimum atomic E-state index is -0.833. The van der Waals surface area contributed by atoms with Gasteiger partial charge in [0.2, 0.25) is 23.7 Å². The maximum atomic E-state index is 14.1. The van der Waals surface area contributed by atoms with Crippen molar-refractivity contribution in [2.75, 3.05) is 51.3 Å². The predicted octanol–water partition coefficient (Wildman–Crippen LogP) is 8.14. The highest BCUT2D eigenvalue weighted by Gasteiger charge is 2.44. The van der Waals surface area contributed by atoms with Crippen LogP contribution in [-0.2, 0) is 31.1 Å². The summed E-state index contributed by atoms with van der Waals surface area (Å²) in [5.74, 6) is -0.323. The molecular weight excluding hydrogens is 938 g/mol. The summed E-state index contributed by atoms with van der Waals surface area (Å²) in [5, 5.41) is 33.2. The number of β-amino-alcohol motifs (C(OH)–C–C–N with tert-alkyl or cyclic N) is 1. The van der Waals surface area contributed by atoms with Crippen molar-refractivity contribution in [2.24, 2.45) is 11.3 Å². The minimum absolute atomic E-state index is 0.0451. The van der Waals surface area contributed by atoms with Gasteiger partial charge in [0.1, 0.15) is 25.0 Å². The molecule has 0 spiro atoms. The maximum absolute atomic E-state index is 14.1. The number of anilines is 1. The predicted molar refractivity (Wildman–Crippen MR) is 278 cm³/mol. The van der Waals surface area contributed by atoms with Crippen LogP contribution in [0.5, 0.6) is 5.75 Å². The summed E-state index contributed by atoms with van der Waals surface area (Å²) in [6.45, 7) is 16.8. The Morgan fingerprint density at radius 2 is 1.72 bits per heavy atom. The molecule has 5 N–H and O–H groups in total. The molecule has 3 aromatic carbocycles. The number of hydrogen-bond donors (Lipinski definition) is 5. The molecule has 71 heavy (non-hydrogen) atoms. The zero-order valence-corrected chi connectivity index (χ0v) is 43.5. The molecule has 1 aliphatic heterocycles. The second-order valence-electron chi connectivity index (χ2n) is 19.7. The second-order valence-corrected chi connectivity index (χ2v) is 21.0. The highest BCUT2D eigenvalue weighted by molar-refractivity contribution is 7.13. The number of hydrogen-bond acceptors (Lipinski definition) is 13. The van der Waals surface area contributed by atoms with Crippen LogP contribution in [0.1, 0.15) is 107 Å². The zero-order valence-electron chi connectivity index (χ0n) is 41.9. The summed E-state index contributed by atoms with van der Waals surface area (Å²) in [7, 11) is 0. The van der Waals surface area contributed by atoms with E-state index < -0.39 is 23.5 Å². The van der Waals surface area contributed by atoms with Crippen molar-refractivity contribution in [1.29, 1.82) is 5.26 Å². The number of rotatable bonds is 24. The van der Waals surface area contributed by atoms with Crippen molar-refractivity contribution < 1.29 is 29.0 Å². The van der Waals surface area contributed by atoms with Crippen LogP contribution in [0.25, 0.3) is 10.4 Å². The number of aliphatic hydroxyl groups is 1. The summed E-state index contributed by atoms with van der Waals surface area (Å²) in [6.07, 6.45) is 3.68. The van der Waals surface area contributed by atoms with E-state index in [9.17, 15) is 24.8 Å². The van der Waals surface area contributed by atoms with Gasteiger partial charge in [0, 0.05) is 55.8 Å². The van der Waals surface area contributed by atoms with E-state index in [0.29, 0.717) is 35.4 Å². The summed E-state index contributed by atoms with van der Waals surface area (Å²) in [4.78, 5) is 56.4. The first-order valence-electron chi connectivity index (χ1n) is 24.3. The fourth-order valence-corrected chi connectivity index (χ4v) is 9.53. The molecule has 17 heteroatoms. The van der Waals surface area contributed by atoms with E-state index in [1.54, 1.807) is 23.6 Å². The average Bonchev–Trinajstić information content (AvgIpc) is 3.97. The Bertz CT molecular complexity index is 2600. The summed E-state index contributed by atoms with van der Waals surface area (Å²) in [6, 6.07) is 24.2. The number of amides is 3. The molecule has 1 saturated heterocycles. The van der Waals surface area contributed by atoms with Crippen molar-refractivity contribution in [2.45, 2.75) is 104 Å². The minimum Gasteiger partial charge on any atom is -0.487 e. The molecular formula is C54H68ClN9O6S. The Kier molecular flexibility index (Phi) is 19.5. The van der Waals surface area contributed by atoms with Gasteiger partial charge in [-0.1, -0.05) is 82.6 Å². The molecule has 378 valence electrons. The van der Waals surface area contributed by atoms with E-state index >= 15 is 0 Å². The van der Waals surface area contributed by atoms with Crippen LogP contribution < -0.4 is 26.0 Å². The molecule has 0 radical (unpaired) electrons. The van der Waals surface area contributed by atoms with Crippen LogP contribution in [0.2, 0.25) is 5.02 Å². The normalized spacial score (nSPS) is 15.7. The van der Waals surface area contributed by atoms with E-state index in [1.807, 2.05) is 107 Å². The maximum Gasteiger partial charge on any atom is 0.246 e. The van der Waals surface area contributed by atoms with E-state index in [-0.39, 0.29) is 61.9 Å². The number of unbranched alkanes of at least 4 members (excludes halogenated alkanes) is 2. The van der Waals surface area contributed by atoms with Crippen molar-refractivity contribution in [1.82, 2.24) is 35.8 Å². The highest BCUT2D eigenvalue weighted by atomic mass is 35.5. The molecule has 15 nitrogen and oxygen atoms in total. The van der Waals surface area contributed by atoms with Crippen molar-refractivity contribution in [3.05, 3.63) is 123 Å². The first-order valence-corrected chi connectivity index (χ1v) is 25.5. The Hall–Kier alpha value is -5.96. The van der Waals surface area contributed by atoms with E-state index in [0.717, 1.165) is 70.9 Å². The van der Waals surface area contributed by atoms with Gasteiger partial charge in [0.25, 0.3) is 0 Å². The van der Waals surface area contributed by atoms with Gasteiger partial charge < -0.3 is 40.7 Å². The Balaban J connectivity index is 0.828. The number of aromatic nitrogens is 3. The van der Waals surface area contributed by atoms with Gasteiger partial charge in [-0.3, -0.25) is 14.4 Å². The molecule has 3 heterocycles. The number of halogens is 1. The fraction of sp³-hybridized carbons (Fsp3) is 0.463. The van der Waals surface area contributed by atoms with Gasteiger partial charge in [-0.25, -0.2) is 15.0 Å². The summed E-state index contributed by atoms with van der Waals surface area (Å²) in [5.41, 5.74) is 7.17. The number of nitrogens with one attached hydrogen (secondary N) is 4. The zero-order chi connectivity index (χ0) is 51.1. The van der Waals surface area contributed by atoms with E-state index in [1.165, 1.54) is 4.90 Å². The smallest absolute Gasteiger partial charge is 0.246 e. The molecule has 0 saturated carbocycles. The number of carbonyl (C=O) groups is 3. The molecule has 1 fully saturated rings. The van der Waals surface area contributed by atoms with E-state index in [4.69, 9.17) is 21.1 Å². The largest absolute Gasteiger partial charge is 0.487 e. The van der Waals surface area contributed by atoms with Crippen LogP contribution in [-0.4, -0.2) is 101 Å². The topological polar surface area (TPSA) is 204 Å². The lowest BCUT2D eigenvalue weighted by atomic mass is 9.78. The molecule has 1 unspecified atom stereocenters. The van der Waals surface area contributed by atoms with Crippen LogP contribution in [0, 0.1) is 29.6 Å². The number of aryl methyl sites for hydroxylation is 1. The lowest BCUT2D eigenvalue weighted by Gasteiger charge is -2.35. The van der Waals surface area contributed by atoms with Gasteiger partial charge in [-0.15, -0.1) is 11.3 Å². The third-order valence-corrected chi connectivity index (χ3v) is 14.1. The monoisotopic (exact) mass is 1010 g/mol. The van der Waals surface area contributed by atoms with Crippen molar-refractivity contribution in [3.63, 3.8) is 0 Å². The number of aliphatic hydroxyl groups excluding tert-OH is 1. The third-order valence-electron chi connectivity index (χ3n) is 12.9. The molecule has 5 aromatic rings. The van der Waals surface area contributed by atoms with Crippen molar-refractivity contribution >= 4 is 46.6 Å². The fourth-order valence-electron chi connectivity index (χ4n) is 8.48. The van der Waals surface area contributed by atoms with Gasteiger partial charge in [0.15, 0.2) is 0 Å². The standard InChI is InChI=1S/C54H68ClN9O6S/c1-35(38-11-13-39(14-12-38)49-36(2)61-34-71-49)62-50(67)47-28-44(65)31-64(47)51(68)46(53(3,4)5)30-60-48(66)33-69-24-10-8-9-20-57-22-23-59-52-58-21-19-43(63-52)32-70-45-17-15-40(16-18-45)54(6,7)41-25-37(29-56)26-42(55)27-41/h11-19,21,25-27,34-35,44,46-47,57,65H,8-10,20,22-24,28,30-33H2,1-7H3,(H,60,66)(H,62,67)(H,58,59,63)/t35-,44+,46?,47-/m0/s1. The van der Waals surface area contributed by atoms with Crippen molar-refractivity contribution in [3.8, 4) is 22.3 Å². The first kappa shape index (κ1) is 54.4. The Morgan fingerprint density at radius 1 is 0.958 bits per heavy atom. The number of nitriles is 1. The second kappa shape index (κ2) is 25.4. The molecule has 6 rings (SSSR count). The lowest BCUT2D eigenvalue weighted by molar-refractivity contribution is -0.145. The van der Waals surface area contributed by atoms with Gasteiger partial charge in [0.05, 0.1) is 51.5 Å². The number of ether oxygens (including phenoxy) is 2. The van der Waals surface area contributed by atoms with E-state index in [2.05, 4.69) is 56.1 Å². The molecule has 0 bridgehead atoms. The van der Waals surface area contributed by atoms with Crippen LogP contribution in [0.4, 0.5) is 5.95 Å². The quantitative estimate of drug-likeness (QED) is 0.0372. The van der Waals surface area contributed by atoms with Gasteiger partial charge in [-0.05, 0) is 104 Å². The number of nitrogens with zero attached hydrogens (tertiary/aromatic N) is 5. The van der Waals surface area contributed by atoms with Gasteiger partial charge >= 0.3 is 0 Å². The summed E-state index contributed by atoms with van der Waals surface area (Å²) >= 11 is 7.87. The average molecular weight is 1010 g/mol. The summed E-state index contributed by atoms with van der Waals surface area (Å²) < 4.78 is 11.7. The Morgan fingerprint density at radius 3 is 2.42 bits per heavy atom. The number of thiazole rings is 1. The lowest BCUT2D eigenvalue weighted by Crippen LogP contribution is -2.52. The van der Waals surface area contributed by atoms with Crippen LogP contribution in [0.15, 0.2) is 84.5 Å². The molecule has 2 aromatic heterocycles. The first-order chi connectivity index (χ1) is 33.9. The molecule has 0 aliphatic carbocycles. The van der Waals surface area contributed by atoms with Gasteiger partial charge in [-0.2, -0.15) is 5.26 Å². The number of carbonyl (C=O) groups excluding carboxylic acids is 3. The van der Waals surface area contributed by atoms with Crippen LogP contribution in [0.3, 0.4) is 0 Å². The Labute approximate surface area is 427 Å². The third kappa shape index (κ3) is 15.5.